The van der Waals surface area contributed by atoms with Crippen molar-refractivity contribution in [2.24, 2.45) is 0 Å². The Morgan fingerprint density at radius 1 is 0.955 bits per heavy atom. The van der Waals surface area contributed by atoms with Gasteiger partial charge in [-0.05, 0) is 36.4 Å². The summed E-state index contributed by atoms with van der Waals surface area (Å²) in [5.41, 5.74) is 2.00. The highest BCUT2D eigenvalue weighted by Crippen LogP contribution is 2.26. The molecule has 0 unspecified atom stereocenters. The Kier molecular flexibility index (Phi) is 4.31. The first-order chi connectivity index (χ1) is 10.8. The zero-order valence-electron chi connectivity index (χ0n) is 12.1. The average molecular weight is 311 g/mol. The Labute approximate surface area is 134 Å². The largest absolute Gasteiger partial charge is 0.496 e. The molecule has 0 atom stereocenters. The first kappa shape index (κ1) is 14.5. The van der Waals surface area contributed by atoms with E-state index in [0.717, 1.165) is 28.4 Å². The molecule has 110 valence electrons. The van der Waals surface area contributed by atoms with Crippen molar-refractivity contribution in [2.45, 2.75) is 0 Å². The second-order valence-electron chi connectivity index (χ2n) is 4.79. The predicted molar refractivity (Wildman–Crippen MR) is 90.5 cm³/mol. The number of hydrogen-bond donors (Lipinski definition) is 0. The summed E-state index contributed by atoms with van der Waals surface area (Å²) in [5, 5.41) is 0.709. The lowest BCUT2D eigenvalue weighted by Crippen LogP contribution is -1.86. The van der Waals surface area contributed by atoms with E-state index in [9.17, 15) is 0 Å². The van der Waals surface area contributed by atoms with E-state index in [1.165, 1.54) is 0 Å². The van der Waals surface area contributed by atoms with Crippen molar-refractivity contribution < 1.29 is 9.15 Å². The molecule has 2 nitrogen and oxygen atoms in total. The first-order valence-electron chi connectivity index (χ1n) is 6.93. The predicted octanol–water partition coefficient (Wildman–Crippen LogP) is 5.74. The highest BCUT2D eigenvalue weighted by Gasteiger charge is 2.06. The topological polar surface area (TPSA) is 22.4 Å². The molecule has 0 spiro atoms. The standard InChI is InChI=1S/C19H15ClO2/c1-21-19(14-5-3-2-4-6-14)13-17-11-12-18(22-17)15-7-9-16(20)10-8-15/h2-13H,1H3/b19-13-. The zero-order chi connectivity index (χ0) is 15.4. The third-order valence-electron chi connectivity index (χ3n) is 3.31. The van der Waals surface area contributed by atoms with Gasteiger partial charge in [0.25, 0.3) is 0 Å². The van der Waals surface area contributed by atoms with E-state index in [4.69, 9.17) is 20.8 Å². The van der Waals surface area contributed by atoms with Crippen LogP contribution < -0.4 is 0 Å². The van der Waals surface area contributed by atoms with E-state index in [-0.39, 0.29) is 0 Å². The number of hydrogen-bond acceptors (Lipinski definition) is 2. The number of halogens is 1. The zero-order valence-corrected chi connectivity index (χ0v) is 12.9. The SMILES string of the molecule is CO/C(=C\c1ccc(-c2ccc(Cl)cc2)o1)c1ccccc1. The minimum absolute atomic E-state index is 0.709. The third-order valence-corrected chi connectivity index (χ3v) is 3.56. The van der Waals surface area contributed by atoms with Gasteiger partial charge in [-0.15, -0.1) is 0 Å². The second-order valence-corrected chi connectivity index (χ2v) is 5.22. The van der Waals surface area contributed by atoms with Gasteiger partial charge in [-0.2, -0.15) is 0 Å². The number of furan rings is 1. The van der Waals surface area contributed by atoms with Crippen molar-refractivity contribution in [3.63, 3.8) is 0 Å². The molecule has 0 bridgehead atoms. The molecule has 1 aromatic heterocycles. The summed E-state index contributed by atoms with van der Waals surface area (Å²) in [6.45, 7) is 0. The highest BCUT2D eigenvalue weighted by atomic mass is 35.5. The Bertz CT molecular complexity index is 771. The van der Waals surface area contributed by atoms with E-state index in [2.05, 4.69) is 0 Å². The van der Waals surface area contributed by atoms with Crippen LogP contribution in [0.3, 0.4) is 0 Å². The van der Waals surface area contributed by atoms with Crippen molar-refractivity contribution >= 4 is 23.4 Å². The Morgan fingerprint density at radius 3 is 2.36 bits per heavy atom. The monoisotopic (exact) mass is 310 g/mol. The van der Waals surface area contributed by atoms with Crippen LogP contribution in [0.15, 0.2) is 71.1 Å². The molecule has 0 N–H and O–H groups in total. The van der Waals surface area contributed by atoms with E-state index < -0.39 is 0 Å². The molecular weight excluding hydrogens is 296 g/mol. The smallest absolute Gasteiger partial charge is 0.134 e. The summed E-state index contributed by atoms with van der Waals surface area (Å²) in [4.78, 5) is 0. The van der Waals surface area contributed by atoms with Gasteiger partial charge in [-0.3, -0.25) is 0 Å². The number of benzene rings is 2. The number of ether oxygens (including phenoxy) is 1. The lowest BCUT2D eigenvalue weighted by Gasteiger charge is -2.05. The van der Waals surface area contributed by atoms with Gasteiger partial charge in [-0.1, -0.05) is 41.9 Å². The molecule has 2 aromatic carbocycles. The molecule has 0 saturated heterocycles. The number of methoxy groups -OCH3 is 1. The van der Waals surface area contributed by atoms with Crippen LogP contribution in [0.4, 0.5) is 0 Å². The fourth-order valence-corrected chi connectivity index (χ4v) is 2.32. The molecule has 22 heavy (non-hydrogen) atoms. The molecular formula is C19H15ClO2. The van der Waals surface area contributed by atoms with Gasteiger partial charge in [0.1, 0.15) is 17.3 Å². The maximum atomic E-state index is 5.90. The number of rotatable bonds is 4. The molecule has 0 fully saturated rings. The molecule has 0 saturated carbocycles. The Balaban J connectivity index is 1.90. The van der Waals surface area contributed by atoms with Gasteiger partial charge < -0.3 is 9.15 Å². The van der Waals surface area contributed by atoms with Crippen molar-refractivity contribution in [3.05, 3.63) is 83.1 Å². The van der Waals surface area contributed by atoms with Crippen LogP contribution in [0.25, 0.3) is 23.2 Å². The van der Waals surface area contributed by atoms with Gasteiger partial charge in [0.2, 0.25) is 0 Å². The third kappa shape index (κ3) is 3.23. The van der Waals surface area contributed by atoms with E-state index in [1.807, 2.05) is 72.8 Å². The van der Waals surface area contributed by atoms with Crippen molar-refractivity contribution in [1.82, 2.24) is 0 Å². The lowest BCUT2D eigenvalue weighted by molar-refractivity contribution is 0.372. The molecule has 0 aliphatic heterocycles. The quantitative estimate of drug-likeness (QED) is 0.573. The molecule has 3 aromatic rings. The molecule has 0 radical (unpaired) electrons. The normalized spacial score (nSPS) is 11.5. The van der Waals surface area contributed by atoms with E-state index >= 15 is 0 Å². The Morgan fingerprint density at radius 2 is 1.68 bits per heavy atom. The summed E-state index contributed by atoms with van der Waals surface area (Å²) in [6.07, 6.45) is 1.88. The Hall–Kier alpha value is -2.45. The second kappa shape index (κ2) is 6.54. The van der Waals surface area contributed by atoms with Crippen molar-refractivity contribution in [3.8, 4) is 11.3 Å². The van der Waals surface area contributed by atoms with Crippen LogP contribution >= 0.6 is 11.6 Å². The molecule has 0 aliphatic carbocycles. The summed E-state index contributed by atoms with van der Waals surface area (Å²) in [7, 11) is 1.65. The summed E-state index contributed by atoms with van der Waals surface area (Å²) >= 11 is 5.90. The van der Waals surface area contributed by atoms with E-state index in [0.29, 0.717) is 5.02 Å². The highest BCUT2D eigenvalue weighted by molar-refractivity contribution is 6.30. The average Bonchev–Trinajstić information content (AvgIpc) is 3.03. The van der Waals surface area contributed by atoms with E-state index in [1.54, 1.807) is 7.11 Å². The maximum absolute atomic E-state index is 5.90. The lowest BCUT2D eigenvalue weighted by atomic mass is 10.1. The minimum Gasteiger partial charge on any atom is -0.496 e. The molecule has 0 amide bonds. The fraction of sp³-hybridized carbons (Fsp3) is 0.0526. The summed E-state index contributed by atoms with van der Waals surface area (Å²) in [5.74, 6) is 2.30. The van der Waals surface area contributed by atoms with Crippen LogP contribution in [0.2, 0.25) is 5.02 Å². The molecule has 3 rings (SSSR count). The minimum atomic E-state index is 0.709. The molecule has 3 heteroatoms. The van der Waals surface area contributed by atoms with Crippen LogP contribution in [0.1, 0.15) is 11.3 Å². The van der Waals surface area contributed by atoms with Gasteiger partial charge in [0.15, 0.2) is 0 Å². The maximum Gasteiger partial charge on any atom is 0.134 e. The van der Waals surface area contributed by atoms with Gasteiger partial charge in [-0.25, -0.2) is 0 Å². The van der Waals surface area contributed by atoms with Crippen LogP contribution in [-0.2, 0) is 4.74 Å². The van der Waals surface area contributed by atoms with Crippen molar-refractivity contribution in [1.29, 1.82) is 0 Å². The van der Waals surface area contributed by atoms with Crippen LogP contribution in [0, 0.1) is 0 Å². The summed E-state index contributed by atoms with van der Waals surface area (Å²) in [6, 6.07) is 21.3. The fourth-order valence-electron chi connectivity index (χ4n) is 2.19. The summed E-state index contributed by atoms with van der Waals surface area (Å²) < 4.78 is 11.3. The van der Waals surface area contributed by atoms with Gasteiger partial charge >= 0.3 is 0 Å². The van der Waals surface area contributed by atoms with Gasteiger partial charge in [0, 0.05) is 22.2 Å². The van der Waals surface area contributed by atoms with Crippen LogP contribution in [0.5, 0.6) is 0 Å². The van der Waals surface area contributed by atoms with Crippen molar-refractivity contribution in [2.75, 3.05) is 7.11 Å². The van der Waals surface area contributed by atoms with Gasteiger partial charge in [0.05, 0.1) is 7.11 Å². The van der Waals surface area contributed by atoms with Crippen LogP contribution in [-0.4, -0.2) is 7.11 Å². The first-order valence-corrected chi connectivity index (χ1v) is 7.31. The molecule has 0 aliphatic rings. The molecule has 1 heterocycles.